The van der Waals surface area contributed by atoms with Crippen molar-refractivity contribution >= 4 is 10.0 Å². The Morgan fingerprint density at radius 1 is 1.32 bits per heavy atom. The van der Waals surface area contributed by atoms with E-state index in [1.807, 2.05) is 30.3 Å². The Bertz CT molecular complexity index is 695. The van der Waals surface area contributed by atoms with Gasteiger partial charge in [0.25, 0.3) is 0 Å². The summed E-state index contributed by atoms with van der Waals surface area (Å²) in [5.74, 6) is 0.673. The summed E-state index contributed by atoms with van der Waals surface area (Å²) in [4.78, 5) is 0. The van der Waals surface area contributed by atoms with Gasteiger partial charge < -0.3 is 9.63 Å². The molecule has 0 saturated carbocycles. The molecule has 1 unspecified atom stereocenters. The van der Waals surface area contributed by atoms with Crippen LogP contribution in [0.1, 0.15) is 23.9 Å². The fourth-order valence-electron chi connectivity index (χ4n) is 2.10. The van der Waals surface area contributed by atoms with Gasteiger partial charge in [-0.3, -0.25) is 0 Å². The van der Waals surface area contributed by atoms with Gasteiger partial charge in [0, 0.05) is 19.0 Å². The van der Waals surface area contributed by atoms with Gasteiger partial charge in [-0.2, -0.15) is 4.31 Å². The van der Waals surface area contributed by atoms with Crippen LogP contribution in [-0.2, 0) is 23.0 Å². The van der Waals surface area contributed by atoms with Crippen LogP contribution in [-0.4, -0.2) is 41.9 Å². The predicted molar refractivity (Wildman–Crippen MR) is 82.7 cm³/mol. The van der Waals surface area contributed by atoms with Gasteiger partial charge in [0.05, 0.1) is 24.6 Å². The minimum Gasteiger partial charge on any atom is -0.392 e. The Balaban J connectivity index is 2.07. The Morgan fingerprint density at radius 3 is 2.59 bits per heavy atom. The smallest absolute Gasteiger partial charge is 0.211 e. The Hall–Kier alpha value is -1.70. The summed E-state index contributed by atoms with van der Waals surface area (Å²) in [7, 11) is -3.42. The third-order valence-corrected chi connectivity index (χ3v) is 4.32. The fraction of sp³-hybridized carbons (Fsp3) is 0.400. The summed E-state index contributed by atoms with van der Waals surface area (Å²) in [5.41, 5.74) is 1.62. The first-order valence-corrected chi connectivity index (χ1v) is 8.81. The van der Waals surface area contributed by atoms with Crippen molar-refractivity contribution in [1.82, 2.24) is 9.46 Å². The van der Waals surface area contributed by atoms with Gasteiger partial charge in [-0.05, 0) is 12.5 Å². The van der Waals surface area contributed by atoms with Gasteiger partial charge in [0.1, 0.15) is 5.76 Å². The number of aliphatic hydroxyl groups excluding tert-OH is 1. The molecule has 2 aromatic rings. The van der Waals surface area contributed by atoms with Crippen LogP contribution in [0, 0.1) is 0 Å². The topological polar surface area (TPSA) is 83.6 Å². The van der Waals surface area contributed by atoms with Crippen LogP contribution in [0.5, 0.6) is 0 Å². The minimum absolute atomic E-state index is 0.0275. The van der Waals surface area contributed by atoms with Crippen LogP contribution in [0.4, 0.5) is 0 Å². The second-order valence-electron chi connectivity index (χ2n) is 5.35. The average molecular weight is 324 g/mol. The molecule has 0 spiro atoms. The number of hydrogen-bond acceptors (Lipinski definition) is 5. The lowest BCUT2D eigenvalue weighted by Gasteiger charge is -2.19. The summed E-state index contributed by atoms with van der Waals surface area (Å²) in [5, 5.41) is 13.3. The van der Waals surface area contributed by atoms with E-state index in [1.165, 1.54) is 4.31 Å². The van der Waals surface area contributed by atoms with E-state index in [1.54, 1.807) is 13.0 Å². The SMILES string of the molecule is CC(O)CN(Cc1cc(Cc2ccccc2)on1)S(C)(=O)=O. The predicted octanol–water partition coefficient (Wildman–Crippen LogP) is 1.41. The lowest BCUT2D eigenvalue weighted by atomic mass is 10.1. The summed E-state index contributed by atoms with van der Waals surface area (Å²) >= 11 is 0. The van der Waals surface area contributed by atoms with Gasteiger partial charge >= 0.3 is 0 Å². The highest BCUT2D eigenvalue weighted by Crippen LogP contribution is 2.13. The van der Waals surface area contributed by atoms with Crippen molar-refractivity contribution in [3.05, 3.63) is 53.4 Å². The largest absolute Gasteiger partial charge is 0.392 e. The normalized spacial score (nSPS) is 13.5. The quantitative estimate of drug-likeness (QED) is 0.832. The van der Waals surface area contributed by atoms with Crippen molar-refractivity contribution in [3.63, 3.8) is 0 Å². The summed E-state index contributed by atoms with van der Waals surface area (Å²) < 4.78 is 29.9. The Labute approximate surface area is 130 Å². The van der Waals surface area contributed by atoms with Crippen LogP contribution in [0.15, 0.2) is 40.9 Å². The van der Waals surface area contributed by atoms with Crippen molar-refractivity contribution in [2.75, 3.05) is 12.8 Å². The van der Waals surface area contributed by atoms with Crippen molar-refractivity contribution in [3.8, 4) is 0 Å². The van der Waals surface area contributed by atoms with Crippen LogP contribution >= 0.6 is 0 Å². The van der Waals surface area contributed by atoms with E-state index in [-0.39, 0.29) is 13.1 Å². The van der Waals surface area contributed by atoms with Gasteiger partial charge in [0.15, 0.2) is 0 Å². The van der Waals surface area contributed by atoms with Crippen molar-refractivity contribution in [2.45, 2.75) is 26.0 Å². The molecule has 0 aliphatic heterocycles. The summed E-state index contributed by atoms with van der Waals surface area (Å²) in [6.45, 7) is 1.66. The highest BCUT2D eigenvalue weighted by molar-refractivity contribution is 7.88. The molecule has 0 aliphatic rings. The molecule has 1 aromatic carbocycles. The molecule has 6 nitrogen and oxygen atoms in total. The number of benzene rings is 1. The molecule has 1 atom stereocenters. The molecule has 7 heteroatoms. The van der Waals surface area contributed by atoms with Gasteiger partial charge in [-0.1, -0.05) is 35.5 Å². The zero-order chi connectivity index (χ0) is 16.2. The van der Waals surface area contributed by atoms with E-state index in [0.29, 0.717) is 17.9 Å². The molecule has 0 fully saturated rings. The molecule has 1 heterocycles. The number of nitrogens with zero attached hydrogens (tertiary/aromatic N) is 2. The molecule has 0 saturated heterocycles. The van der Waals surface area contributed by atoms with Crippen molar-refractivity contribution < 1.29 is 18.0 Å². The highest BCUT2D eigenvalue weighted by Gasteiger charge is 2.20. The number of aliphatic hydroxyl groups is 1. The second kappa shape index (κ2) is 7.04. The van der Waals surface area contributed by atoms with Crippen LogP contribution in [0.3, 0.4) is 0 Å². The first kappa shape index (κ1) is 16.7. The fourth-order valence-corrected chi connectivity index (χ4v) is 2.96. The van der Waals surface area contributed by atoms with Gasteiger partial charge in [-0.15, -0.1) is 0 Å². The van der Waals surface area contributed by atoms with E-state index in [4.69, 9.17) is 4.52 Å². The third-order valence-electron chi connectivity index (χ3n) is 3.10. The zero-order valence-electron chi connectivity index (χ0n) is 12.6. The van der Waals surface area contributed by atoms with Crippen LogP contribution in [0.2, 0.25) is 0 Å². The van der Waals surface area contributed by atoms with Crippen LogP contribution in [0.25, 0.3) is 0 Å². The molecule has 0 aliphatic carbocycles. The summed E-state index contributed by atoms with van der Waals surface area (Å²) in [6.07, 6.45) is 0.967. The molecule has 22 heavy (non-hydrogen) atoms. The average Bonchev–Trinajstić information content (AvgIpc) is 2.85. The van der Waals surface area contributed by atoms with E-state index in [2.05, 4.69) is 5.16 Å². The van der Waals surface area contributed by atoms with Crippen LogP contribution < -0.4 is 0 Å². The standard InChI is InChI=1S/C15H20N2O4S/c1-12(18)10-17(22(2,19)20)11-14-9-15(21-16-14)8-13-6-4-3-5-7-13/h3-7,9,12,18H,8,10-11H2,1-2H3. The van der Waals surface area contributed by atoms with Gasteiger partial charge in [0.2, 0.25) is 10.0 Å². The molecule has 1 aromatic heterocycles. The van der Waals surface area contributed by atoms with Crippen molar-refractivity contribution in [1.29, 1.82) is 0 Å². The Morgan fingerprint density at radius 2 is 2.00 bits per heavy atom. The monoisotopic (exact) mass is 324 g/mol. The highest BCUT2D eigenvalue weighted by atomic mass is 32.2. The zero-order valence-corrected chi connectivity index (χ0v) is 13.5. The first-order valence-electron chi connectivity index (χ1n) is 6.96. The molecule has 2 rings (SSSR count). The second-order valence-corrected chi connectivity index (χ2v) is 7.33. The maximum Gasteiger partial charge on any atom is 0.211 e. The lowest BCUT2D eigenvalue weighted by Crippen LogP contribution is -2.35. The Kier molecular flexibility index (Phi) is 5.33. The number of rotatable bonds is 7. The van der Waals surface area contributed by atoms with Gasteiger partial charge in [-0.25, -0.2) is 8.42 Å². The minimum atomic E-state index is -3.42. The maximum atomic E-state index is 11.7. The molecular formula is C15H20N2O4S. The number of hydrogen-bond donors (Lipinski definition) is 1. The number of sulfonamides is 1. The molecule has 1 N–H and O–H groups in total. The molecule has 0 amide bonds. The molecule has 0 radical (unpaired) electrons. The number of aromatic nitrogens is 1. The maximum absolute atomic E-state index is 11.7. The van der Waals surface area contributed by atoms with E-state index in [0.717, 1.165) is 11.8 Å². The van der Waals surface area contributed by atoms with E-state index >= 15 is 0 Å². The molecule has 120 valence electrons. The first-order chi connectivity index (χ1) is 10.3. The van der Waals surface area contributed by atoms with Crippen molar-refractivity contribution in [2.24, 2.45) is 0 Å². The van der Waals surface area contributed by atoms with E-state index < -0.39 is 16.1 Å². The van der Waals surface area contributed by atoms with E-state index in [9.17, 15) is 13.5 Å². The molecule has 0 bridgehead atoms. The third kappa shape index (κ3) is 4.94. The summed E-state index contributed by atoms with van der Waals surface area (Å²) in [6, 6.07) is 11.5. The lowest BCUT2D eigenvalue weighted by molar-refractivity contribution is 0.160. The molecular weight excluding hydrogens is 304 g/mol.